The van der Waals surface area contributed by atoms with E-state index >= 15 is 0 Å². The number of amides is 1. The van der Waals surface area contributed by atoms with Gasteiger partial charge in [0.05, 0.1) is 0 Å². The van der Waals surface area contributed by atoms with Gasteiger partial charge in [-0.25, -0.2) is 4.79 Å². The third-order valence-electron chi connectivity index (χ3n) is 1.84. The number of nitrogens with two attached hydrogens (primary N) is 1. The number of primary amides is 1. The molecule has 0 heterocycles. The van der Waals surface area contributed by atoms with Gasteiger partial charge in [0.25, 0.3) is 0 Å². The summed E-state index contributed by atoms with van der Waals surface area (Å²) in [5.41, 5.74) is 6.27. The molecule has 88 valence electrons. The Morgan fingerprint density at radius 2 is 1.18 bits per heavy atom. The molecule has 0 atom stereocenters. The predicted octanol–water partition coefficient (Wildman–Crippen LogP) is 3.05. The number of hydrogen-bond acceptors (Lipinski definition) is 2. The Morgan fingerprint density at radius 3 is 1.47 bits per heavy atom. The number of carbonyl (C=O) groups is 1. The van der Waals surface area contributed by atoms with Crippen molar-refractivity contribution in [2.75, 3.05) is 5.32 Å². The van der Waals surface area contributed by atoms with Crippen LogP contribution in [0.5, 0.6) is 0 Å². The minimum atomic E-state index is -1.33. The number of hydrogen-bond donors (Lipinski definition) is 3. The maximum atomic E-state index is 8.78. The fourth-order valence-corrected chi connectivity index (χ4v) is 1.21. The van der Waals surface area contributed by atoms with Crippen molar-refractivity contribution in [3.8, 4) is 0 Å². The average Bonchev–Trinajstić information content (AvgIpc) is 2.31. The summed E-state index contributed by atoms with van der Waals surface area (Å²) in [6.45, 7) is 0. The van der Waals surface area contributed by atoms with Crippen molar-refractivity contribution in [2.24, 2.45) is 5.73 Å². The van der Waals surface area contributed by atoms with E-state index in [4.69, 9.17) is 9.90 Å². The average molecular weight is 230 g/mol. The van der Waals surface area contributed by atoms with E-state index in [1.807, 2.05) is 60.7 Å². The molecule has 1 amide bonds. The summed E-state index contributed by atoms with van der Waals surface area (Å²) >= 11 is 0. The summed E-state index contributed by atoms with van der Waals surface area (Å²) in [5, 5.41) is 10.5. The summed E-state index contributed by atoms with van der Waals surface area (Å²) in [7, 11) is 0. The van der Waals surface area contributed by atoms with Crippen LogP contribution in [0.3, 0.4) is 0 Å². The minimum Gasteiger partial charge on any atom is -0.465 e. The zero-order valence-corrected chi connectivity index (χ0v) is 9.21. The van der Waals surface area contributed by atoms with Crippen LogP contribution in [-0.4, -0.2) is 11.2 Å². The molecule has 0 saturated carbocycles. The first-order valence-corrected chi connectivity index (χ1v) is 5.04. The second-order valence-corrected chi connectivity index (χ2v) is 3.20. The number of rotatable bonds is 2. The van der Waals surface area contributed by atoms with E-state index in [9.17, 15) is 0 Å². The Balaban J connectivity index is 0.000000317. The Bertz CT molecular complexity index is 402. The van der Waals surface area contributed by atoms with Crippen LogP contribution in [-0.2, 0) is 0 Å². The Labute approximate surface area is 99.7 Å². The van der Waals surface area contributed by atoms with Crippen LogP contribution in [0.1, 0.15) is 0 Å². The lowest BCUT2D eigenvalue weighted by Crippen LogP contribution is -2.03. The smallest absolute Gasteiger partial charge is 0.402 e. The van der Waals surface area contributed by atoms with Crippen LogP contribution >= 0.6 is 0 Å². The van der Waals surface area contributed by atoms with E-state index in [-0.39, 0.29) is 0 Å². The molecule has 0 radical (unpaired) electrons. The van der Waals surface area contributed by atoms with Gasteiger partial charge in [-0.2, -0.15) is 0 Å². The van der Waals surface area contributed by atoms with E-state index in [1.54, 1.807) is 0 Å². The first-order valence-electron chi connectivity index (χ1n) is 5.04. The lowest BCUT2D eigenvalue weighted by atomic mass is 10.3. The fourth-order valence-electron chi connectivity index (χ4n) is 1.21. The summed E-state index contributed by atoms with van der Waals surface area (Å²) in [6.07, 6.45) is -1.33. The van der Waals surface area contributed by atoms with E-state index in [0.29, 0.717) is 0 Å². The van der Waals surface area contributed by atoms with Gasteiger partial charge in [-0.1, -0.05) is 36.4 Å². The molecule has 0 aliphatic carbocycles. The van der Waals surface area contributed by atoms with Crippen LogP contribution in [0.2, 0.25) is 0 Å². The molecule has 0 bridgehead atoms. The number of para-hydroxylation sites is 2. The van der Waals surface area contributed by atoms with Gasteiger partial charge < -0.3 is 16.2 Å². The van der Waals surface area contributed by atoms with E-state index < -0.39 is 6.09 Å². The third kappa shape index (κ3) is 5.84. The second kappa shape index (κ2) is 6.90. The first-order chi connectivity index (χ1) is 8.18. The zero-order valence-electron chi connectivity index (χ0n) is 9.21. The topological polar surface area (TPSA) is 75.4 Å². The molecule has 4 heteroatoms. The standard InChI is InChI=1S/C12H11N.CH3NO2/c1-3-7-11(8-4-1)13-12-9-5-2-6-10-12;2-1(3)4/h1-10,13H;2H2,(H,3,4). The highest BCUT2D eigenvalue weighted by molar-refractivity contribution is 5.61. The molecular weight excluding hydrogens is 216 g/mol. The Morgan fingerprint density at radius 1 is 0.882 bits per heavy atom. The lowest BCUT2D eigenvalue weighted by molar-refractivity contribution is 0.205. The Kier molecular flexibility index (Phi) is 5.10. The van der Waals surface area contributed by atoms with Crippen molar-refractivity contribution in [2.45, 2.75) is 0 Å². The molecule has 2 rings (SSSR count). The van der Waals surface area contributed by atoms with Crippen LogP contribution in [0.15, 0.2) is 60.7 Å². The molecule has 0 aromatic heterocycles. The molecule has 0 unspecified atom stereocenters. The van der Waals surface area contributed by atoms with Gasteiger partial charge in [-0.05, 0) is 24.3 Å². The highest BCUT2D eigenvalue weighted by Gasteiger charge is 1.89. The second-order valence-electron chi connectivity index (χ2n) is 3.20. The zero-order chi connectivity index (χ0) is 12.5. The molecule has 2 aromatic carbocycles. The Hall–Kier alpha value is -2.49. The highest BCUT2D eigenvalue weighted by atomic mass is 16.4. The normalized spacial score (nSPS) is 8.71. The number of nitrogens with one attached hydrogen (secondary N) is 1. The van der Waals surface area contributed by atoms with Crippen LogP contribution in [0.25, 0.3) is 0 Å². The fraction of sp³-hybridized carbons (Fsp3) is 0. The molecule has 2 aromatic rings. The molecule has 4 nitrogen and oxygen atoms in total. The summed E-state index contributed by atoms with van der Waals surface area (Å²) in [5.74, 6) is 0. The molecule has 17 heavy (non-hydrogen) atoms. The quantitative estimate of drug-likeness (QED) is 0.742. The van der Waals surface area contributed by atoms with Crippen molar-refractivity contribution >= 4 is 17.5 Å². The maximum absolute atomic E-state index is 8.78. The summed E-state index contributed by atoms with van der Waals surface area (Å²) < 4.78 is 0. The first kappa shape index (κ1) is 12.6. The van der Waals surface area contributed by atoms with Gasteiger partial charge in [-0.15, -0.1) is 0 Å². The predicted molar refractivity (Wildman–Crippen MR) is 68.4 cm³/mol. The van der Waals surface area contributed by atoms with E-state index in [2.05, 4.69) is 11.1 Å². The SMILES string of the molecule is NC(=O)O.c1ccc(Nc2ccccc2)cc1. The third-order valence-corrected chi connectivity index (χ3v) is 1.84. The maximum Gasteiger partial charge on any atom is 0.402 e. The van der Waals surface area contributed by atoms with Crippen molar-refractivity contribution in [1.82, 2.24) is 0 Å². The monoisotopic (exact) mass is 230 g/mol. The van der Waals surface area contributed by atoms with Gasteiger partial charge in [0.2, 0.25) is 0 Å². The highest BCUT2D eigenvalue weighted by Crippen LogP contribution is 2.14. The molecule has 0 aliphatic heterocycles. The van der Waals surface area contributed by atoms with E-state index in [1.165, 1.54) is 0 Å². The van der Waals surface area contributed by atoms with Crippen molar-refractivity contribution < 1.29 is 9.90 Å². The van der Waals surface area contributed by atoms with Gasteiger partial charge in [-0.3, -0.25) is 0 Å². The van der Waals surface area contributed by atoms with Gasteiger partial charge in [0, 0.05) is 11.4 Å². The van der Waals surface area contributed by atoms with Crippen LogP contribution in [0.4, 0.5) is 16.2 Å². The minimum absolute atomic E-state index is 1.12. The molecule has 0 aliphatic rings. The van der Waals surface area contributed by atoms with Crippen LogP contribution < -0.4 is 11.1 Å². The lowest BCUT2D eigenvalue weighted by Gasteiger charge is -2.04. The van der Waals surface area contributed by atoms with E-state index in [0.717, 1.165) is 11.4 Å². The molecular formula is C13H14N2O2. The number of carboxylic acid groups (broad SMARTS) is 1. The largest absolute Gasteiger partial charge is 0.465 e. The molecule has 4 N–H and O–H groups in total. The molecule has 0 saturated heterocycles. The molecule has 0 spiro atoms. The number of benzene rings is 2. The number of anilines is 2. The summed E-state index contributed by atoms with van der Waals surface area (Å²) in [4.78, 5) is 8.78. The van der Waals surface area contributed by atoms with Crippen LogP contribution in [0, 0.1) is 0 Å². The summed E-state index contributed by atoms with van der Waals surface area (Å²) in [6, 6.07) is 20.3. The van der Waals surface area contributed by atoms with Crippen molar-refractivity contribution in [3.63, 3.8) is 0 Å². The van der Waals surface area contributed by atoms with Crippen molar-refractivity contribution in [1.29, 1.82) is 0 Å². The van der Waals surface area contributed by atoms with Gasteiger partial charge in [0.15, 0.2) is 0 Å². The van der Waals surface area contributed by atoms with Gasteiger partial charge in [0.1, 0.15) is 0 Å². The van der Waals surface area contributed by atoms with Crippen molar-refractivity contribution in [3.05, 3.63) is 60.7 Å². The molecule has 0 fully saturated rings. The van der Waals surface area contributed by atoms with Gasteiger partial charge >= 0.3 is 6.09 Å².